The molecule has 4 N–H and O–H groups in total. The Balaban J connectivity index is 2.26. The van der Waals surface area contributed by atoms with Crippen LogP contribution in [0.1, 0.15) is 18.4 Å². The average Bonchev–Trinajstić information content (AvgIpc) is 2.34. The van der Waals surface area contributed by atoms with Gasteiger partial charge >= 0.3 is 0 Å². The van der Waals surface area contributed by atoms with E-state index < -0.39 is 0 Å². The summed E-state index contributed by atoms with van der Waals surface area (Å²) >= 11 is 3.36. The number of hydrogen-bond donors (Lipinski definition) is 3. The lowest BCUT2D eigenvalue weighted by atomic mass is 10.1. The van der Waals surface area contributed by atoms with Gasteiger partial charge in [0.25, 0.3) is 0 Å². The van der Waals surface area contributed by atoms with Crippen molar-refractivity contribution in [3.63, 3.8) is 0 Å². The molecule has 0 aliphatic heterocycles. The van der Waals surface area contributed by atoms with Gasteiger partial charge in [0.2, 0.25) is 5.91 Å². The molecular weight excluding hydrogens is 298 g/mol. The Morgan fingerprint density at radius 1 is 1.50 bits per heavy atom. The highest BCUT2D eigenvalue weighted by Crippen LogP contribution is 2.11. The maximum atomic E-state index is 11.6. The van der Waals surface area contributed by atoms with Crippen molar-refractivity contribution in [2.24, 2.45) is 10.9 Å². The van der Waals surface area contributed by atoms with Gasteiger partial charge in [-0.1, -0.05) is 33.2 Å². The Morgan fingerprint density at radius 3 is 2.94 bits per heavy atom. The van der Waals surface area contributed by atoms with E-state index in [1.807, 2.05) is 24.3 Å². The van der Waals surface area contributed by atoms with E-state index in [0.717, 1.165) is 10.0 Å². The Kier molecular flexibility index (Phi) is 6.21. The number of rotatable bonds is 6. The van der Waals surface area contributed by atoms with Crippen molar-refractivity contribution in [1.82, 2.24) is 5.32 Å². The highest BCUT2D eigenvalue weighted by atomic mass is 79.9. The second-order valence-electron chi connectivity index (χ2n) is 3.85. The molecule has 0 fully saturated rings. The third-order valence-electron chi connectivity index (χ3n) is 2.31. The summed E-state index contributed by atoms with van der Waals surface area (Å²) in [5.74, 6) is 0.142. The van der Waals surface area contributed by atoms with Crippen LogP contribution in [0, 0.1) is 0 Å². The molecule has 18 heavy (non-hydrogen) atoms. The van der Waals surface area contributed by atoms with Gasteiger partial charge in [0.05, 0.1) is 6.42 Å². The summed E-state index contributed by atoms with van der Waals surface area (Å²) in [4.78, 5) is 11.6. The summed E-state index contributed by atoms with van der Waals surface area (Å²) in [5.41, 5.74) is 6.27. The first-order chi connectivity index (χ1) is 8.61. The van der Waals surface area contributed by atoms with Crippen molar-refractivity contribution in [3.05, 3.63) is 34.3 Å². The third kappa shape index (κ3) is 5.67. The zero-order valence-corrected chi connectivity index (χ0v) is 11.5. The van der Waals surface area contributed by atoms with E-state index in [2.05, 4.69) is 26.4 Å². The highest BCUT2D eigenvalue weighted by Gasteiger charge is 2.03. The van der Waals surface area contributed by atoms with Crippen molar-refractivity contribution in [2.45, 2.75) is 19.3 Å². The topological polar surface area (TPSA) is 87.7 Å². The molecule has 0 atom stereocenters. The maximum absolute atomic E-state index is 11.6. The van der Waals surface area contributed by atoms with Gasteiger partial charge in [-0.25, -0.2) is 0 Å². The van der Waals surface area contributed by atoms with Crippen molar-refractivity contribution < 1.29 is 10.0 Å². The molecule has 0 saturated heterocycles. The molecule has 98 valence electrons. The number of nitrogens with one attached hydrogen (secondary N) is 1. The number of hydrogen-bond acceptors (Lipinski definition) is 3. The molecule has 0 radical (unpaired) electrons. The van der Waals surface area contributed by atoms with Crippen molar-refractivity contribution in [2.75, 3.05) is 6.54 Å². The summed E-state index contributed by atoms with van der Waals surface area (Å²) < 4.78 is 0.958. The summed E-state index contributed by atoms with van der Waals surface area (Å²) in [6, 6.07) is 7.63. The van der Waals surface area contributed by atoms with Gasteiger partial charge < -0.3 is 16.3 Å². The van der Waals surface area contributed by atoms with Crippen LogP contribution in [-0.2, 0) is 11.2 Å². The predicted octanol–water partition coefficient (Wildman–Crippen LogP) is 1.63. The molecule has 0 unspecified atom stereocenters. The van der Waals surface area contributed by atoms with E-state index in [-0.39, 0.29) is 11.7 Å². The second kappa shape index (κ2) is 7.71. The molecule has 0 aromatic heterocycles. The van der Waals surface area contributed by atoms with Crippen molar-refractivity contribution in [3.8, 4) is 0 Å². The van der Waals surface area contributed by atoms with Gasteiger partial charge in [0.15, 0.2) is 0 Å². The van der Waals surface area contributed by atoms with Crippen LogP contribution in [0.4, 0.5) is 0 Å². The second-order valence-corrected chi connectivity index (χ2v) is 4.77. The summed E-state index contributed by atoms with van der Waals surface area (Å²) in [7, 11) is 0. The van der Waals surface area contributed by atoms with E-state index in [1.54, 1.807) is 0 Å². The van der Waals surface area contributed by atoms with E-state index in [9.17, 15) is 4.79 Å². The van der Waals surface area contributed by atoms with Crippen LogP contribution >= 0.6 is 15.9 Å². The highest BCUT2D eigenvalue weighted by molar-refractivity contribution is 9.10. The minimum Gasteiger partial charge on any atom is -0.409 e. The first-order valence-electron chi connectivity index (χ1n) is 5.59. The first-order valence-corrected chi connectivity index (χ1v) is 6.38. The molecular formula is C12H16BrN3O2. The minimum atomic E-state index is -0.0346. The molecule has 6 heteroatoms. The van der Waals surface area contributed by atoms with Crippen LogP contribution in [0.3, 0.4) is 0 Å². The van der Waals surface area contributed by atoms with Crippen LogP contribution < -0.4 is 11.1 Å². The van der Waals surface area contributed by atoms with E-state index >= 15 is 0 Å². The van der Waals surface area contributed by atoms with Crippen LogP contribution in [0.2, 0.25) is 0 Å². The molecule has 0 heterocycles. The zero-order chi connectivity index (χ0) is 13.4. The molecule has 1 amide bonds. The number of carbonyl (C=O) groups excluding carboxylic acids is 1. The van der Waals surface area contributed by atoms with Gasteiger partial charge in [0, 0.05) is 17.4 Å². The van der Waals surface area contributed by atoms with E-state index in [0.29, 0.717) is 25.8 Å². The molecule has 0 bridgehead atoms. The lowest BCUT2D eigenvalue weighted by Gasteiger charge is -2.05. The van der Waals surface area contributed by atoms with Gasteiger partial charge in [-0.3, -0.25) is 4.79 Å². The molecule has 1 aromatic carbocycles. The molecule has 1 aromatic rings. The van der Waals surface area contributed by atoms with Gasteiger partial charge in [-0.2, -0.15) is 0 Å². The van der Waals surface area contributed by atoms with E-state index in [1.165, 1.54) is 0 Å². The van der Waals surface area contributed by atoms with Crippen LogP contribution in [-0.4, -0.2) is 23.5 Å². The molecule has 0 saturated carbocycles. The maximum Gasteiger partial charge on any atom is 0.224 e. The average molecular weight is 314 g/mol. The number of nitrogens with two attached hydrogens (primary N) is 1. The van der Waals surface area contributed by atoms with Gasteiger partial charge in [-0.05, 0) is 24.1 Å². The zero-order valence-electron chi connectivity index (χ0n) is 9.90. The number of amides is 1. The Hall–Kier alpha value is -1.56. The normalized spacial score (nSPS) is 11.3. The molecule has 0 spiro atoms. The number of nitrogens with zero attached hydrogens (tertiary/aromatic N) is 1. The van der Waals surface area contributed by atoms with Gasteiger partial charge in [-0.15, -0.1) is 0 Å². The number of oxime groups is 1. The van der Waals surface area contributed by atoms with Crippen molar-refractivity contribution >= 4 is 27.7 Å². The van der Waals surface area contributed by atoms with Crippen molar-refractivity contribution in [1.29, 1.82) is 0 Å². The fourth-order valence-corrected chi connectivity index (χ4v) is 1.89. The smallest absolute Gasteiger partial charge is 0.224 e. The Morgan fingerprint density at radius 2 is 2.28 bits per heavy atom. The van der Waals surface area contributed by atoms with Crippen LogP contribution in [0.5, 0.6) is 0 Å². The summed E-state index contributed by atoms with van der Waals surface area (Å²) in [6.07, 6.45) is 1.47. The standard InChI is InChI=1S/C12H16BrN3O2/c13-10-4-1-3-9(7-10)8-12(17)15-6-2-5-11(14)16-18/h1,3-4,7,18H,2,5-6,8H2,(H2,14,16)(H,15,17). The number of halogens is 1. The summed E-state index contributed by atoms with van der Waals surface area (Å²) in [6.45, 7) is 0.517. The lowest BCUT2D eigenvalue weighted by Crippen LogP contribution is -2.27. The number of carbonyl (C=O) groups is 1. The third-order valence-corrected chi connectivity index (χ3v) is 2.81. The predicted molar refractivity (Wildman–Crippen MR) is 73.5 cm³/mol. The monoisotopic (exact) mass is 313 g/mol. The lowest BCUT2D eigenvalue weighted by molar-refractivity contribution is -0.120. The molecule has 0 aliphatic carbocycles. The number of benzene rings is 1. The fourth-order valence-electron chi connectivity index (χ4n) is 1.44. The molecule has 1 rings (SSSR count). The van der Waals surface area contributed by atoms with E-state index in [4.69, 9.17) is 10.9 Å². The molecule has 0 aliphatic rings. The molecule has 5 nitrogen and oxygen atoms in total. The SMILES string of the molecule is NC(CCCNC(=O)Cc1cccc(Br)c1)=NO. The van der Waals surface area contributed by atoms with Crippen LogP contribution in [0.25, 0.3) is 0 Å². The summed E-state index contributed by atoms with van der Waals surface area (Å²) in [5, 5.41) is 14.0. The largest absolute Gasteiger partial charge is 0.409 e. The Bertz CT molecular complexity index is 435. The fraction of sp³-hybridized carbons (Fsp3) is 0.333. The quantitative estimate of drug-likeness (QED) is 0.245. The minimum absolute atomic E-state index is 0.0346. The number of amidine groups is 1. The van der Waals surface area contributed by atoms with Crippen LogP contribution in [0.15, 0.2) is 33.9 Å². The first kappa shape index (κ1) is 14.5. The Labute approximate surface area is 114 Å². The van der Waals surface area contributed by atoms with Gasteiger partial charge in [0.1, 0.15) is 5.84 Å².